The first-order chi connectivity index (χ1) is 5.75. The SMILES string of the molecule is C[Si](C)=CC1=PC2=CC=CC2=C1. The number of hydrogen-bond donors (Lipinski definition) is 0. The zero-order valence-electron chi connectivity index (χ0n) is 7.33. The molecule has 1 heterocycles. The number of rotatable bonds is 1. The van der Waals surface area contributed by atoms with Gasteiger partial charge in [0.1, 0.15) is 0 Å². The smallest absolute Gasteiger partial charge is 0.00961 e. The standard InChI is InChI=1S/C10H11PSi/c1-12(2)7-9-6-8-4-3-5-10(8)11-9/h3-7H,1-2H3. The van der Waals surface area contributed by atoms with Crippen molar-refractivity contribution in [3.63, 3.8) is 0 Å². The highest BCUT2D eigenvalue weighted by atomic mass is 31.1. The van der Waals surface area contributed by atoms with Crippen molar-refractivity contribution in [1.82, 2.24) is 0 Å². The van der Waals surface area contributed by atoms with Gasteiger partial charge in [-0.3, -0.25) is 0 Å². The summed E-state index contributed by atoms with van der Waals surface area (Å²) in [4.78, 5) is 0. The van der Waals surface area contributed by atoms with E-state index >= 15 is 0 Å². The molecule has 2 aliphatic rings. The van der Waals surface area contributed by atoms with Crippen LogP contribution in [0.15, 0.2) is 35.2 Å². The lowest BCUT2D eigenvalue weighted by Gasteiger charge is -1.87. The van der Waals surface area contributed by atoms with Gasteiger partial charge in [-0.2, -0.15) is 0 Å². The van der Waals surface area contributed by atoms with Gasteiger partial charge >= 0.3 is 0 Å². The van der Waals surface area contributed by atoms with E-state index < -0.39 is 0 Å². The Balaban J connectivity index is 2.31. The summed E-state index contributed by atoms with van der Waals surface area (Å²) in [7, 11) is 1.20. The van der Waals surface area contributed by atoms with Crippen molar-refractivity contribution in [2.75, 3.05) is 0 Å². The monoisotopic (exact) mass is 190 g/mol. The molecule has 0 unspecified atom stereocenters. The van der Waals surface area contributed by atoms with Gasteiger partial charge in [0.25, 0.3) is 0 Å². The Morgan fingerprint density at radius 3 is 2.92 bits per heavy atom. The van der Waals surface area contributed by atoms with Crippen LogP contribution in [-0.4, -0.2) is 19.4 Å². The summed E-state index contributed by atoms with van der Waals surface area (Å²) in [6.45, 7) is 4.65. The average molecular weight is 190 g/mol. The molecule has 1 aliphatic carbocycles. The second kappa shape index (κ2) is 3.08. The van der Waals surface area contributed by atoms with Crippen LogP contribution in [0.2, 0.25) is 13.1 Å². The van der Waals surface area contributed by atoms with Gasteiger partial charge in [-0.05, 0) is 23.0 Å². The molecule has 0 saturated carbocycles. The molecule has 0 atom stereocenters. The van der Waals surface area contributed by atoms with Crippen LogP contribution in [0.25, 0.3) is 0 Å². The summed E-state index contributed by atoms with van der Waals surface area (Å²) in [5.74, 6) is 0. The zero-order valence-corrected chi connectivity index (χ0v) is 9.23. The first kappa shape index (κ1) is 8.09. The Labute approximate surface area is 76.3 Å². The van der Waals surface area contributed by atoms with Gasteiger partial charge in [-0.1, -0.05) is 39.1 Å². The molecule has 2 rings (SSSR count). The third-order valence-corrected chi connectivity index (χ3v) is 4.11. The minimum atomic E-state index is -0.213. The molecule has 0 aromatic carbocycles. The van der Waals surface area contributed by atoms with Gasteiger partial charge in [0, 0.05) is 13.7 Å². The van der Waals surface area contributed by atoms with E-state index in [-0.39, 0.29) is 8.41 Å². The molecule has 0 radical (unpaired) electrons. The largest absolute Gasteiger partial charge is 0.0706 e. The van der Waals surface area contributed by atoms with E-state index in [1.807, 2.05) is 0 Å². The Kier molecular flexibility index (Phi) is 2.08. The Hall–Kier alpha value is -0.523. The summed E-state index contributed by atoms with van der Waals surface area (Å²) in [6, 6.07) is 0. The Morgan fingerprint density at radius 1 is 1.42 bits per heavy atom. The number of fused-ring (bicyclic) bond motifs is 1. The molecule has 2 heteroatoms. The maximum Gasteiger partial charge on any atom is 0.00961 e. The van der Waals surface area contributed by atoms with E-state index in [4.69, 9.17) is 0 Å². The highest BCUT2D eigenvalue weighted by Crippen LogP contribution is 2.34. The lowest BCUT2D eigenvalue weighted by atomic mass is 10.2. The minimum absolute atomic E-state index is 0.213. The first-order valence-electron chi connectivity index (χ1n) is 4.10. The van der Waals surface area contributed by atoms with Crippen molar-refractivity contribution in [3.8, 4) is 0 Å². The second-order valence-electron chi connectivity index (χ2n) is 3.27. The van der Waals surface area contributed by atoms with Gasteiger partial charge in [-0.15, -0.1) is 0 Å². The normalized spacial score (nSPS) is 19.7. The van der Waals surface area contributed by atoms with Crippen molar-refractivity contribution in [1.29, 1.82) is 0 Å². The highest BCUT2D eigenvalue weighted by molar-refractivity contribution is 7.50. The highest BCUT2D eigenvalue weighted by Gasteiger charge is 2.11. The van der Waals surface area contributed by atoms with Crippen LogP contribution in [0, 0.1) is 0 Å². The number of allylic oxidation sites excluding steroid dienone is 6. The fourth-order valence-corrected chi connectivity index (χ4v) is 3.97. The van der Waals surface area contributed by atoms with E-state index in [2.05, 4.69) is 43.1 Å². The summed E-state index contributed by atoms with van der Waals surface area (Å²) >= 11 is 0. The van der Waals surface area contributed by atoms with Crippen LogP contribution in [0.4, 0.5) is 0 Å². The molecule has 0 fully saturated rings. The topological polar surface area (TPSA) is 0 Å². The fourth-order valence-electron chi connectivity index (χ4n) is 1.35. The lowest BCUT2D eigenvalue weighted by molar-refractivity contribution is 1.79. The quantitative estimate of drug-likeness (QED) is 0.440. The Morgan fingerprint density at radius 2 is 2.25 bits per heavy atom. The molecule has 0 N–H and O–H groups in total. The lowest BCUT2D eigenvalue weighted by Crippen LogP contribution is -1.99. The predicted octanol–water partition coefficient (Wildman–Crippen LogP) is 2.64. The predicted molar refractivity (Wildman–Crippen MR) is 60.8 cm³/mol. The summed E-state index contributed by atoms with van der Waals surface area (Å²) < 4.78 is 0. The van der Waals surface area contributed by atoms with Gasteiger partial charge in [0.05, 0.1) is 0 Å². The summed E-state index contributed by atoms with van der Waals surface area (Å²) in [5.41, 5.74) is 3.86. The van der Waals surface area contributed by atoms with Crippen LogP contribution in [0.1, 0.15) is 0 Å². The van der Waals surface area contributed by atoms with Gasteiger partial charge < -0.3 is 0 Å². The van der Waals surface area contributed by atoms with Crippen LogP contribution < -0.4 is 0 Å². The molecule has 12 heavy (non-hydrogen) atoms. The molecule has 0 amide bonds. The molecule has 0 spiro atoms. The van der Waals surface area contributed by atoms with Gasteiger partial charge in [0.2, 0.25) is 0 Å². The van der Waals surface area contributed by atoms with Gasteiger partial charge in [-0.25, -0.2) is 0 Å². The van der Waals surface area contributed by atoms with E-state index in [0.717, 1.165) is 0 Å². The third kappa shape index (κ3) is 1.48. The molecule has 0 bridgehead atoms. The van der Waals surface area contributed by atoms with E-state index in [1.165, 1.54) is 24.4 Å². The molecular formula is C10H11PSi. The second-order valence-corrected chi connectivity index (χ2v) is 6.93. The van der Waals surface area contributed by atoms with Crippen molar-refractivity contribution in [2.24, 2.45) is 0 Å². The van der Waals surface area contributed by atoms with Crippen molar-refractivity contribution in [2.45, 2.75) is 13.1 Å². The van der Waals surface area contributed by atoms with Crippen LogP contribution in [0.5, 0.6) is 0 Å². The third-order valence-electron chi connectivity index (χ3n) is 1.82. The average Bonchev–Trinajstić information content (AvgIpc) is 2.43. The summed E-state index contributed by atoms with van der Waals surface area (Å²) in [6.07, 6.45) is 8.86. The molecule has 0 nitrogen and oxygen atoms in total. The molecule has 0 aromatic heterocycles. The van der Waals surface area contributed by atoms with Crippen LogP contribution in [0.3, 0.4) is 0 Å². The van der Waals surface area contributed by atoms with E-state index in [1.54, 1.807) is 0 Å². The molecule has 60 valence electrons. The maximum absolute atomic E-state index is 2.44. The first-order valence-corrected chi connectivity index (χ1v) is 7.57. The molecule has 0 aromatic rings. The number of hydrogen-bond acceptors (Lipinski definition) is 0. The van der Waals surface area contributed by atoms with E-state index in [0.29, 0.717) is 0 Å². The van der Waals surface area contributed by atoms with E-state index in [9.17, 15) is 0 Å². The van der Waals surface area contributed by atoms with Gasteiger partial charge in [0.15, 0.2) is 0 Å². The fraction of sp³-hybridized carbons (Fsp3) is 0.200. The molecule has 0 saturated heterocycles. The Bertz CT molecular complexity index is 363. The van der Waals surface area contributed by atoms with Crippen LogP contribution in [-0.2, 0) is 0 Å². The van der Waals surface area contributed by atoms with Crippen molar-refractivity contribution < 1.29 is 0 Å². The summed E-state index contributed by atoms with van der Waals surface area (Å²) in [5, 5.41) is 2.98. The van der Waals surface area contributed by atoms with Crippen molar-refractivity contribution >= 4 is 27.6 Å². The maximum atomic E-state index is 2.44. The molecule has 1 aliphatic heterocycles. The minimum Gasteiger partial charge on any atom is -0.0706 e. The van der Waals surface area contributed by atoms with Crippen molar-refractivity contribution in [3.05, 3.63) is 35.2 Å². The molecular weight excluding hydrogens is 179 g/mol. The zero-order chi connectivity index (χ0) is 8.55. The van der Waals surface area contributed by atoms with Crippen LogP contribution >= 0.6 is 8.20 Å².